The topological polar surface area (TPSA) is 68.3 Å². The molecule has 0 bridgehead atoms. The smallest absolute Gasteiger partial charge is 0.350 e. The third-order valence-electron chi connectivity index (χ3n) is 2.56. The zero-order valence-electron chi connectivity index (χ0n) is 11.5. The Kier molecular flexibility index (Phi) is 5.08. The average Bonchev–Trinajstić information content (AvgIpc) is 2.86. The van der Waals surface area contributed by atoms with Crippen LogP contribution < -0.4 is 5.32 Å². The minimum absolute atomic E-state index is 0.337. The van der Waals surface area contributed by atoms with Gasteiger partial charge in [0.15, 0.2) is 6.61 Å². The van der Waals surface area contributed by atoms with Crippen molar-refractivity contribution in [1.29, 1.82) is 0 Å². The normalized spacial score (nSPS) is 10.2. The van der Waals surface area contributed by atoms with Crippen LogP contribution in [0.15, 0.2) is 28.9 Å². The van der Waals surface area contributed by atoms with Crippen molar-refractivity contribution in [1.82, 2.24) is 4.98 Å². The number of ether oxygens (including phenoxy) is 1. The van der Waals surface area contributed by atoms with Crippen LogP contribution in [0.3, 0.4) is 0 Å². The van der Waals surface area contributed by atoms with Crippen LogP contribution in [0.2, 0.25) is 0 Å². The lowest BCUT2D eigenvalue weighted by Gasteiger charge is -2.08. The predicted molar refractivity (Wildman–Crippen MR) is 84.6 cm³/mol. The van der Waals surface area contributed by atoms with Crippen LogP contribution in [-0.2, 0) is 9.53 Å². The fourth-order valence-corrected chi connectivity index (χ4v) is 2.83. The molecule has 0 fully saturated rings. The molecule has 0 aliphatic carbocycles. The van der Waals surface area contributed by atoms with Crippen molar-refractivity contribution in [2.24, 2.45) is 0 Å². The highest BCUT2D eigenvalue weighted by molar-refractivity contribution is 9.10. The molecule has 7 heteroatoms. The van der Waals surface area contributed by atoms with E-state index in [1.807, 2.05) is 19.1 Å². The summed E-state index contributed by atoms with van der Waals surface area (Å²) < 4.78 is 5.72. The quantitative estimate of drug-likeness (QED) is 0.840. The monoisotopic (exact) mass is 368 g/mol. The summed E-state index contributed by atoms with van der Waals surface area (Å²) in [6.07, 6.45) is 1.44. The number of hydrogen-bond acceptors (Lipinski definition) is 5. The second kappa shape index (κ2) is 6.82. The molecule has 0 saturated carbocycles. The molecule has 0 atom stereocenters. The predicted octanol–water partition coefficient (Wildman–Crippen LogP) is 3.32. The Hall–Kier alpha value is -1.73. The number of benzene rings is 1. The van der Waals surface area contributed by atoms with Crippen LogP contribution in [0.4, 0.5) is 5.69 Å². The molecule has 0 aliphatic heterocycles. The molecule has 0 aliphatic rings. The highest BCUT2D eigenvalue weighted by atomic mass is 79.9. The van der Waals surface area contributed by atoms with Gasteiger partial charge in [-0.05, 0) is 47.5 Å². The number of amides is 1. The van der Waals surface area contributed by atoms with E-state index in [1.165, 1.54) is 17.5 Å². The minimum Gasteiger partial charge on any atom is -0.451 e. The lowest BCUT2D eigenvalue weighted by molar-refractivity contribution is -0.119. The first kappa shape index (κ1) is 15.7. The number of aromatic nitrogens is 1. The molecule has 2 aromatic rings. The lowest BCUT2D eigenvalue weighted by Crippen LogP contribution is -2.20. The Bertz CT molecular complexity index is 685. The maximum absolute atomic E-state index is 11.8. The van der Waals surface area contributed by atoms with E-state index in [0.29, 0.717) is 10.6 Å². The second-order valence-electron chi connectivity index (χ2n) is 4.35. The van der Waals surface area contributed by atoms with Crippen LogP contribution in [0, 0.1) is 13.8 Å². The average molecular weight is 369 g/mol. The van der Waals surface area contributed by atoms with Crippen molar-refractivity contribution < 1.29 is 14.3 Å². The van der Waals surface area contributed by atoms with Crippen LogP contribution in [0.25, 0.3) is 0 Å². The number of thiazole rings is 1. The summed E-state index contributed by atoms with van der Waals surface area (Å²) in [5.74, 6) is -0.937. The minimum atomic E-state index is -0.543. The molecule has 5 nitrogen and oxygen atoms in total. The van der Waals surface area contributed by atoms with Gasteiger partial charge < -0.3 is 10.1 Å². The Labute approximate surface area is 134 Å². The van der Waals surface area contributed by atoms with E-state index in [9.17, 15) is 9.59 Å². The van der Waals surface area contributed by atoms with E-state index in [0.717, 1.165) is 15.0 Å². The molecule has 2 rings (SSSR count). The fourth-order valence-electron chi connectivity index (χ4n) is 1.57. The van der Waals surface area contributed by atoms with Crippen molar-refractivity contribution in [2.75, 3.05) is 11.9 Å². The van der Waals surface area contributed by atoms with E-state index in [2.05, 4.69) is 26.2 Å². The largest absolute Gasteiger partial charge is 0.451 e. The Morgan fingerprint density at radius 1 is 1.38 bits per heavy atom. The first-order valence-corrected chi connectivity index (χ1v) is 7.72. The standard InChI is InChI=1S/C14H13BrN2O3S/c1-8-3-4-11(10(15)5-8)17-13(18)7-20-14(19)12-6-16-9(2)21-12/h3-6H,7H2,1-2H3,(H,17,18). The number of nitrogens with zero attached hydrogens (tertiary/aromatic N) is 1. The second-order valence-corrected chi connectivity index (χ2v) is 6.44. The third-order valence-corrected chi connectivity index (χ3v) is 4.10. The van der Waals surface area contributed by atoms with Crippen LogP contribution in [0.5, 0.6) is 0 Å². The number of rotatable bonds is 4. The van der Waals surface area contributed by atoms with Gasteiger partial charge in [0, 0.05) is 4.47 Å². The van der Waals surface area contributed by atoms with Gasteiger partial charge in [-0.3, -0.25) is 4.79 Å². The summed E-state index contributed by atoms with van der Waals surface area (Å²) in [7, 11) is 0. The fraction of sp³-hybridized carbons (Fsp3) is 0.214. The molecule has 1 heterocycles. The van der Waals surface area contributed by atoms with Gasteiger partial charge in [-0.1, -0.05) is 6.07 Å². The van der Waals surface area contributed by atoms with Gasteiger partial charge >= 0.3 is 5.97 Å². The number of hydrogen-bond donors (Lipinski definition) is 1. The van der Waals surface area contributed by atoms with Crippen molar-refractivity contribution in [3.8, 4) is 0 Å². The zero-order chi connectivity index (χ0) is 15.4. The number of aryl methyl sites for hydroxylation is 2. The molecule has 0 saturated heterocycles. The van der Waals surface area contributed by atoms with Gasteiger partial charge in [0.1, 0.15) is 4.88 Å². The van der Waals surface area contributed by atoms with Gasteiger partial charge in [0.2, 0.25) is 0 Å². The van der Waals surface area contributed by atoms with Crippen molar-refractivity contribution in [3.05, 3.63) is 44.3 Å². The van der Waals surface area contributed by atoms with Crippen LogP contribution >= 0.6 is 27.3 Å². The van der Waals surface area contributed by atoms with E-state index in [-0.39, 0.29) is 6.61 Å². The van der Waals surface area contributed by atoms with E-state index in [1.54, 1.807) is 13.0 Å². The van der Waals surface area contributed by atoms with Gasteiger partial charge in [-0.25, -0.2) is 9.78 Å². The Morgan fingerprint density at radius 2 is 2.14 bits per heavy atom. The third kappa shape index (κ3) is 4.37. The molecule has 1 aromatic carbocycles. The zero-order valence-corrected chi connectivity index (χ0v) is 13.9. The van der Waals surface area contributed by atoms with E-state index in [4.69, 9.17) is 4.74 Å². The summed E-state index contributed by atoms with van der Waals surface area (Å²) in [6.45, 7) is 3.41. The maximum Gasteiger partial charge on any atom is 0.350 e. The van der Waals surface area contributed by atoms with Crippen molar-refractivity contribution in [2.45, 2.75) is 13.8 Å². The summed E-state index contributed by atoms with van der Waals surface area (Å²) in [5.41, 5.74) is 1.71. The number of carbonyl (C=O) groups excluding carboxylic acids is 2. The summed E-state index contributed by atoms with van der Waals surface area (Å²) in [4.78, 5) is 27.8. The molecular formula is C14H13BrN2O3S. The van der Waals surface area contributed by atoms with Crippen LogP contribution in [0.1, 0.15) is 20.2 Å². The first-order chi connectivity index (χ1) is 9.95. The molecule has 21 heavy (non-hydrogen) atoms. The van der Waals surface area contributed by atoms with Gasteiger partial charge in [0.05, 0.1) is 16.9 Å². The van der Waals surface area contributed by atoms with Gasteiger partial charge in [-0.15, -0.1) is 11.3 Å². The molecule has 0 radical (unpaired) electrons. The number of esters is 1. The number of halogens is 1. The summed E-state index contributed by atoms with van der Waals surface area (Å²) in [6, 6.07) is 5.56. The van der Waals surface area contributed by atoms with E-state index < -0.39 is 11.9 Å². The van der Waals surface area contributed by atoms with Crippen molar-refractivity contribution in [3.63, 3.8) is 0 Å². The molecule has 0 unspecified atom stereocenters. The molecule has 1 N–H and O–H groups in total. The van der Waals surface area contributed by atoms with Crippen molar-refractivity contribution >= 4 is 44.8 Å². The SMILES string of the molecule is Cc1ccc(NC(=O)COC(=O)c2cnc(C)s2)c(Br)c1. The maximum atomic E-state index is 11.8. The highest BCUT2D eigenvalue weighted by Crippen LogP contribution is 2.23. The summed E-state index contributed by atoms with van der Waals surface area (Å²) in [5, 5.41) is 3.45. The van der Waals surface area contributed by atoms with E-state index >= 15 is 0 Å². The molecule has 110 valence electrons. The number of nitrogens with one attached hydrogen (secondary N) is 1. The van der Waals surface area contributed by atoms with Crippen LogP contribution in [-0.4, -0.2) is 23.5 Å². The van der Waals surface area contributed by atoms with Gasteiger partial charge in [-0.2, -0.15) is 0 Å². The Morgan fingerprint density at radius 3 is 2.76 bits per heavy atom. The molecular weight excluding hydrogens is 356 g/mol. The summed E-state index contributed by atoms with van der Waals surface area (Å²) >= 11 is 4.60. The highest BCUT2D eigenvalue weighted by Gasteiger charge is 2.13. The molecule has 1 aromatic heterocycles. The lowest BCUT2D eigenvalue weighted by atomic mass is 10.2. The number of carbonyl (C=O) groups is 2. The first-order valence-electron chi connectivity index (χ1n) is 6.11. The molecule has 0 spiro atoms. The number of anilines is 1. The van der Waals surface area contributed by atoms with Gasteiger partial charge in [0.25, 0.3) is 5.91 Å². The molecule has 1 amide bonds. The Balaban J connectivity index is 1.89.